The topological polar surface area (TPSA) is 54.0 Å². The van der Waals surface area contributed by atoms with E-state index in [0.717, 1.165) is 191 Å². The van der Waals surface area contributed by atoms with Crippen LogP contribution in [-0.4, -0.2) is 9.97 Å². The van der Waals surface area contributed by atoms with Crippen molar-refractivity contribution in [3.63, 3.8) is 0 Å². The fourth-order valence-electron chi connectivity index (χ4n) is 13.0. The third-order valence-electron chi connectivity index (χ3n) is 16.9. The molecule has 14 aromatic rings. The molecule has 85 heavy (non-hydrogen) atoms. The molecule has 0 saturated carbocycles. The van der Waals surface area contributed by atoms with Gasteiger partial charge in [0.1, 0.15) is 0 Å². The van der Waals surface area contributed by atoms with Gasteiger partial charge in [0.15, 0.2) is 0 Å². The van der Waals surface area contributed by atoms with Crippen molar-refractivity contribution in [2.24, 2.45) is 0 Å². The van der Waals surface area contributed by atoms with Crippen molar-refractivity contribution in [1.82, 2.24) is 19.9 Å². The van der Waals surface area contributed by atoms with Gasteiger partial charge in [0, 0.05) is 36.5 Å². The van der Waals surface area contributed by atoms with Crippen molar-refractivity contribution in [3.8, 4) is 89.5 Å². The van der Waals surface area contributed by atoms with Gasteiger partial charge in [0.25, 0.3) is 0 Å². The SMILES string of the molecule is Ic1ccc(-c2c3nc(c(-c4ccc(I)cc4)c4[n-]c(c(-c5ccc(I)cc5)c5nc(c(-c6ccc(I)cc6)c6[n-]c2c2cc7ccccc7cc62)-c2cc6ccccc6cc2-5)c2cc5ccccc5cc42)-c2cc4ccccc4cc2-3)cc1.[Pt+2]. The molecule has 0 atom stereocenters. The second kappa shape index (κ2) is 21.1. The molecule has 0 radical (unpaired) electrons. The van der Waals surface area contributed by atoms with Gasteiger partial charge < -0.3 is 9.97 Å². The van der Waals surface area contributed by atoms with Crippen LogP contribution in [0.3, 0.4) is 0 Å². The summed E-state index contributed by atoms with van der Waals surface area (Å²) in [5.41, 5.74) is 18.9. The number of rotatable bonds is 4. The second-order valence-electron chi connectivity index (χ2n) is 21.7. The average molecular weight is 1710 g/mol. The van der Waals surface area contributed by atoms with E-state index < -0.39 is 0 Å². The first-order chi connectivity index (χ1) is 41.2. The van der Waals surface area contributed by atoms with E-state index >= 15 is 0 Å². The minimum absolute atomic E-state index is 0. The smallest absolute Gasteiger partial charge is 0.656 e. The van der Waals surface area contributed by atoms with E-state index in [2.05, 4.69) is 333 Å². The minimum Gasteiger partial charge on any atom is -0.656 e. The Hall–Kier alpha value is -7.07. The Bertz CT molecular complexity index is 4840. The quantitative estimate of drug-likeness (QED) is 0.165. The zero-order valence-corrected chi connectivity index (χ0v) is 55.6. The van der Waals surface area contributed by atoms with Crippen LogP contribution in [0.2, 0.25) is 0 Å². The molecule has 402 valence electrons. The fourth-order valence-corrected chi connectivity index (χ4v) is 14.4. The van der Waals surface area contributed by atoms with Crippen molar-refractivity contribution in [2.75, 3.05) is 0 Å². The molecule has 17 rings (SSSR count). The number of fused-ring (bicyclic) bond motifs is 4. The van der Waals surface area contributed by atoms with Gasteiger partial charge in [-0.2, -0.15) is 0 Å². The number of hydrogen-bond acceptors (Lipinski definition) is 2. The minimum atomic E-state index is 0. The van der Waals surface area contributed by atoms with E-state index in [0.29, 0.717) is 0 Å². The monoisotopic (exact) mass is 1710 g/mol. The standard InChI is InChI=1S/C76H40I4N4.Pt/c77-53-25-17-41(18-26-53)65-69-57-33-45-9-1-2-10-46(45)34-58(57)70(81-69)66(42-19-27-54(78)28-20-42)72-61-37-49-13-5-6-14-50(49)38-62(61)74(83-72)68(44-23-31-56(80)32-24-44)76-64-40-52-16-8-7-15-51(52)39-63(64)75(84-76)67(43-21-29-55(79)30-22-43)73-60-36-48-12-4-3-11-47(48)35-59(60)71(65)82-73;/h1-40H;/q-2;+2. The molecule has 0 spiro atoms. The van der Waals surface area contributed by atoms with Crippen molar-refractivity contribution >= 4 is 177 Å². The molecule has 9 heteroatoms. The number of hydrogen-bond donors (Lipinski definition) is 0. The molecule has 0 N–H and O–H groups in total. The summed E-state index contributed by atoms with van der Waals surface area (Å²) in [4.78, 5) is 24.7. The van der Waals surface area contributed by atoms with Gasteiger partial charge >= 0.3 is 21.1 Å². The molecule has 0 amide bonds. The van der Waals surface area contributed by atoms with Gasteiger partial charge in [0.05, 0.1) is 22.8 Å². The molecule has 1 aliphatic carbocycles. The summed E-state index contributed by atoms with van der Waals surface area (Å²) in [7, 11) is 0. The maximum absolute atomic E-state index is 6.18. The van der Waals surface area contributed by atoms with Crippen LogP contribution >= 0.6 is 90.4 Å². The van der Waals surface area contributed by atoms with Crippen molar-refractivity contribution < 1.29 is 21.1 Å². The largest absolute Gasteiger partial charge is 2.00 e. The van der Waals surface area contributed by atoms with E-state index in [1.165, 1.54) is 0 Å². The molecular weight excluding hydrogens is 1670 g/mol. The third kappa shape index (κ3) is 8.85. The predicted molar refractivity (Wildman–Crippen MR) is 385 cm³/mol. The molecular formula is C76H40I4N4Pt. The number of aromatic nitrogens is 4. The maximum atomic E-state index is 6.18. The summed E-state index contributed by atoms with van der Waals surface area (Å²) in [5, 5.41) is 13.2. The molecule has 0 unspecified atom stereocenters. The first-order valence-electron chi connectivity index (χ1n) is 27.8. The Morgan fingerprint density at radius 2 is 0.424 bits per heavy atom. The molecule has 4 heterocycles. The summed E-state index contributed by atoms with van der Waals surface area (Å²) in [6, 6.07) is 89.3. The zero-order valence-electron chi connectivity index (χ0n) is 44.7. The van der Waals surface area contributed by atoms with Crippen LogP contribution in [-0.2, 0) is 21.1 Å². The van der Waals surface area contributed by atoms with Crippen molar-refractivity contribution in [2.45, 2.75) is 0 Å². The summed E-state index contributed by atoms with van der Waals surface area (Å²) in [6.45, 7) is 0. The Morgan fingerprint density at radius 1 is 0.235 bits per heavy atom. The Balaban J connectivity index is 0.00000588. The third-order valence-corrected chi connectivity index (χ3v) is 19.8. The second-order valence-corrected chi connectivity index (χ2v) is 26.7. The number of nitrogens with zero attached hydrogens (tertiary/aromatic N) is 4. The van der Waals surface area contributed by atoms with Crippen LogP contribution in [0.4, 0.5) is 0 Å². The fraction of sp³-hybridized carbons (Fsp3) is 0. The normalized spacial score (nSPS) is 11.9. The summed E-state index contributed by atoms with van der Waals surface area (Å²) in [5.74, 6) is 0. The van der Waals surface area contributed by atoms with E-state index in [4.69, 9.17) is 19.9 Å². The van der Waals surface area contributed by atoms with Gasteiger partial charge in [-0.25, -0.2) is 9.97 Å². The van der Waals surface area contributed by atoms with Crippen LogP contribution in [0.5, 0.6) is 0 Å². The van der Waals surface area contributed by atoms with Crippen LogP contribution in [0, 0.1) is 14.3 Å². The van der Waals surface area contributed by atoms with Gasteiger partial charge in [-0.1, -0.05) is 146 Å². The molecule has 4 nitrogen and oxygen atoms in total. The van der Waals surface area contributed by atoms with Gasteiger partial charge in [0.2, 0.25) is 0 Å². The average Bonchev–Trinajstić information content (AvgIpc) is 1.68. The van der Waals surface area contributed by atoms with Crippen LogP contribution < -0.4 is 9.97 Å². The molecule has 0 saturated heterocycles. The molecule has 8 bridgehead atoms. The van der Waals surface area contributed by atoms with E-state index in [1.807, 2.05) is 0 Å². The van der Waals surface area contributed by atoms with Crippen LogP contribution in [0.15, 0.2) is 243 Å². The molecule has 2 aromatic heterocycles. The Morgan fingerprint density at radius 3 is 0.624 bits per heavy atom. The van der Waals surface area contributed by atoms with E-state index in [1.54, 1.807) is 0 Å². The van der Waals surface area contributed by atoms with Crippen molar-refractivity contribution in [1.29, 1.82) is 0 Å². The van der Waals surface area contributed by atoms with E-state index in [9.17, 15) is 0 Å². The Kier molecular flexibility index (Phi) is 13.3. The van der Waals surface area contributed by atoms with Gasteiger partial charge in [-0.05, 0) is 297 Å². The summed E-state index contributed by atoms with van der Waals surface area (Å²) in [6.07, 6.45) is 0. The first-order valence-corrected chi connectivity index (χ1v) is 32.1. The molecule has 12 aromatic carbocycles. The Labute approximate surface area is 558 Å². The van der Waals surface area contributed by atoms with E-state index in [-0.39, 0.29) is 21.1 Å². The predicted octanol–water partition coefficient (Wildman–Crippen LogP) is 22.2. The maximum Gasteiger partial charge on any atom is 2.00 e. The summed E-state index contributed by atoms with van der Waals surface area (Å²) >= 11 is 9.70. The summed E-state index contributed by atoms with van der Waals surface area (Å²) < 4.78 is 4.57. The van der Waals surface area contributed by atoms with Gasteiger partial charge in [-0.15, -0.1) is 22.1 Å². The molecule has 0 fully saturated rings. The number of benzene rings is 12. The first kappa shape index (κ1) is 53.4. The zero-order chi connectivity index (χ0) is 55.9. The van der Waals surface area contributed by atoms with Crippen LogP contribution in [0.25, 0.3) is 176 Å². The van der Waals surface area contributed by atoms with Gasteiger partial charge in [-0.3, -0.25) is 0 Å². The molecule has 2 aliphatic heterocycles. The van der Waals surface area contributed by atoms with Crippen LogP contribution in [0.1, 0.15) is 0 Å². The van der Waals surface area contributed by atoms with Crippen molar-refractivity contribution in [3.05, 3.63) is 257 Å². The molecule has 3 aliphatic rings. The number of halogens is 4.